The first-order valence-electron chi connectivity index (χ1n) is 6.11. The van der Waals surface area contributed by atoms with Gasteiger partial charge in [0.25, 0.3) is 0 Å². The van der Waals surface area contributed by atoms with Crippen molar-refractivity contribution >= 4 is 47.4 Å². The van der Waals surface area contributed by atoms with Crippen LogP contribution in [0.1, 0.15) is 12.8 Å². The standard InChI is InChI=1S/C13H19IN2O.2ClH/c14-12-4-1-2-5-13(12)17-9-3-7-16-8-6-11(15)10-16;;/h1-2,4-5,11H,3,6-10,15H2;2*1H. The lowest BCUT2D eigenvalue weighted by atomic mass is 10.3. The number of rotatable bonds is 5. The Balaban J connectivity index is 0.00000162. The van der Waals surface area contributed by atoms with Gasteiger partial charge in [0.15, 0.2) is 0 Å². The molecular weight excluding hydrogens is 398 g/mol. The van der Waals surface area contributed by atoms with Crippen LogP contribution in [0.4, 0.5) is 0 Å². The maximum atomic E-state index is 5.87. The van der Waals surface area contributed by atoms with Gasteiger partial charge in [0, 0.05) is 19.1 Å². The Morgan fingerprint density at radius 3 is 2.68 bits per heavy atom. The van der Waals surface area contributed by atoms with Gasteiger partial charge in [0.1, 0.15) is 5.75 Å². The molecule has 1 aliphatic rings. The van der Waals surface area contributed by atoms with Gasteiger partial charge in [0.05, 0.1) is 10.2 Å². The molecule has 1 aromatic carbocycles. The summed E-state index contributed by atoms with van der Waals surface area (Å²) in [6, 6.07) is 8.51. The minimum Gasteiger partial charge on any atom is -0.492 e. The Morgan fingerprint density at radius 2 is 2.05 bits per heavy atom. The number of benzene rings is 1. The van der Waals surface area contributed by atoms with E-state index in [1.54, 1.807) is 0 Å². The number of ether oxygens (including phenoxy) is 1. The molecule has 2 N–H and O–H groups in total. The molecule has 1 unspecified atom stereocenters. The maximum Gasteiger partial charge on any atom is 0.132 e. The third-order valence-corrected chi connectivity index (χ3v) is 3.91. The van der Waals surface area contributed by atoms with Crippen LogP contribution in [-0.2, 0) is 0 Å². The van der Waals surface area contributed by atoms with Gasteiger partial charge >= 0.3 is 0 Å². The Hall–Kier alpha value is 0.250. The van der Waals surface area contributed by atoms with Crippen molar-refractivity contribution in [2.45, 2.75) is 18.9 Å². The van der Waals surface area contributed by atoms with Crippen LogP contribution in [0.25, 0.3) is 0 Å². The van der Waals surface area contributed by atoms with Crippen LogP contribution in [0.15, 0.2) is 24.3 Å². The van der Waals surface area contributed by atoms with Crippen LogP contribution in [0.2, 0.25) is 0 Å². The van der Waals surface area contributed by atoms with E-state index < -0.39 is 0 Å². The van der Waals surface area contributed by atoms with E-state index in [2.05, 4.69) is 33.6 Å². The highest BCUT2D eigenvalue weighted by Crippen LogP contribution is 2.19. The van der Waals surface area contributed by atoms with E-state index in [0.717, 1.165) is 44.8 Å². The Bertz CT molecular complexity index is 368. The predicted molar refractivity (Wildman–Crippen MR) is 92.8 cm³/mol. The average molecular weight is 419 g/mol. The fourth-order valence-corrected chi connectivity index (χ4v) is 2.64. The molecule has 2 rings (SSSR count). The molecule has 1 atom stereocenters. The smallest absolute Gasteiger partial charge is 0.132 e. The number of nitrogens with two attached hydrogens (primary N) is 1. The van der Waals surface area contributed by atoms with E-state index in [9.17, 15) is 0 Å². The van der Waals surface area contributed by atoms with E-state index in [0.29, 0.717) is 6.04 Å². The summed E-state index contributed by atoms with van der Waals surface area (Å²) in [5.74, 6) is 0.992. The molecule has 1 saturated heterocycles. The first-order chi connectivity index (χ1) is 8.25. The third kappa shape index (κ3) is 6.49. The number of likely N-dealkylation sites (tertiary alicyclic amines) is 1. The SMILES string of the molecule is Cl.Cl.NC1CCN(CCCOc2ccccc2I)C1. The van der Waals surface area contributed by atoms with Gasteiger partial charge in [-0.2, -0.15) is 0 Å². The summed E-state index contributed by atoms with van der Waals surface area (Å²) in [7, 11) is 0. The molecule has 1 fully saturated rings. The molecule has 0 spiro atoms. The lowest BCUT2D eigenvalue weighted by Crippen LogP contribution is -2.28. The summed E-state index contributed by atoms with van der Waals surface area (Å²) in [5, 5.41) is 0. The summed E-state index contributed by atoms with van der Waals surface area (Å²) in [4.78, 5) is 2.42. The van der Waals surface area contributed by atoms with Crippen molar-refractivity contribution in [1.29, 1.82) is 0 Å². The lowest BCUT2D eigenvalue weighted by Gasteiger charge is -2.15. The summed E-state index contributed by atoms with van der Waals surface area (Å²) in [5.41, 5.74) is 5.87. The number of hydrogen-bond donors (Lipinski definition) is 1. The minimum atomic E-state index is 0. The molecule has 19 heavy (non-hydrogen) atoms. The zero-order valence-electron chi connectivity index (χ0n) is 10.8. The highest BCUT2D eigenvalue weighted by atomic mass is 127. The Kier molecular flexibility index (Phi) is 10.2. The number of hydrogen-bond acceptors (Lipinski definition) is 3. The monoisotopic (exact) mass is 418 g/mol. The van der Waals surface area contributed by atoms with Crippen LogP contribution in [0.3, 0.4) is 0 Å². The molecule has 0 aromatic heterocycles. The van der Waals surface area contributed by atoms with Crippen molar-refractivity contribution in [3.05, 3.63) is 27.8 Å². The second-order valence-corrected chi connectivity index (χ2v) is 5.64. The molecule has 0 saturated carbocycles. The topological polar surface area (TPSA) is 38.5 Å². The summed E-state index contributed by atoms with van der Waals surface area (Å²) >= 11 is 2.30. The van der Waals surface area contributed by atoms with Crippen LogP contribution < -0.4 is 10.5 Å². The zero-order valence-corrected chi connectivity index (χ0v) is 14.5. The largest absolute Gasteiger partial charge is 0.492 e. The third-order valence-electron chi connectivity index (χ3n) is 3.02. The molecule has 3 nitrogen and oxygen atoms in total. The zero-order chi connectivity index (χ0) is 12.1. The van der Waals surface area contributed by atoms with E-state index in [4.69, 9.17) is 10.5 Å². The summed E-state index contributed by atoms with van der Waals surface area (Å²) < 4.78 is 6.93. The molecule has 1 aromatic rings. The molecular formula is C13H21Cl2IN2O. The maximum absolute atomic E-state index is 5.87. The van der Waals surface area contributed by atoms with Gasteiger partial charge in [-0.05, 0) is 54.1 Å². The van der Waals surface area contributed by atoms with Gasteiger partial charge in [-0.25, -0.2) is 0 Å². The second kappa shape index (κ2) is 10.0. The second-order valence-electron chi connectivity index (χ2n) is 4.48. The highest BCUT2D eigenvalue weighted by molar-refractivity contribution is 14.1. The number of halogens is 3. The van der Waals surface area contributed by atoms with E-state index in [1.165, 1.54) is 3.57 Å². The van der Waals surface area contributed by atoms with Gasteiger partial charge in [-0.1, -0.05) is 12.1 Å². The van der Waals surface area contributed by atoms with Crippen molar-refractivity contribution in [2.24, 2.45) is 5.73 Å². The lowest BCUT2D eigenvalue weighted by molar-refractivity contribution is 0.261. The molecule has 6 heteroatoms. The van der Waals surface area contributed by atoms with Crippen molar-refractivity contribution in [2.75, 3.05) is 26.2 Å². The Labute approximate surface area is 141 Å². The van der Waals surface area contributed by atoms with Gasteiger partial charge in [0.2, 0.25) is 0 Å². The molecule has 0 amide bonds. The Morgan fingerprint density at radius 1 is 1.32 bits per heavy atom. The molecule has 1 aliphatic heterocycles. The van der Waals surface area contributed by atoms with Gasteiger partial charge < -0.3 is 15.4 Å². The van der Waals surface area contributed by atoms with Gasteiger partial charge in [-0.3, -0.25) is 0 Å². The van der Waals surface area contributed by atoms with Crippen LogP contribution in [0, 0.1) is 3.57 Å². The average Bonchev–Trinajstić information content (AvgIpc) is 2.73. The van der Waals surface area contributed by atoms with Crippen molar-refractivity contribution in [3.63, 3.8) is 0 Å². The van der Waals surface area contributed by atoms with E-state index in [-0.39, 0.29) is 24.8 Å². The highest BCUT2D eigenvalue weighted by Gasteiger charge is 2.17. The van der Waals surface area contributed by atoms with Crippen molar-refractivity contribution in [1.82, 2.24) is 4.90 Å². The molecule has 110 valence electrons. The van der Waals surface area contributed by atoms with Crippen LogP contribution in [0.5, 0.6) is 5.75 Å². The number of nitrogens with zero attached hydrogens (tertiary/aromatic N) is 1. The van der Waals surface area contributed by atoms with E-state index >= 15 is 0 Å². The van der Waals surface area contributed by atoms with Crippen LogP contribution in [-0.4, -0.2) is 37.2 Å². The summed E-state index contributed by atoms with van der Waals surface area (Å²) in [6.07, 6.45) is 2.20. The molecule has 0 radical (unpaired) electrons. The predicted octanol–water partition coefficient (Wildman–Crippen LogP) is 2.94. The van der Waals surface area contributed by atoms with Crippen LogP contribution >= 0.6 is 47.4 Å². The van der Waals surface area contributed by atoms with Crippen molar-refractivity contribution < 1.29 is 4.74 Å². The number of para-hydroxylation sites is 1. The summed E-state index contributed by atoms with van der Waals surface area (Å²) in [6.45, 7) is 4.07. The molecule has 1 heterocycles. The first kappa shape index (κ1) is 19.2. The first-order valence-corrected chi connectivity index (χ1v) is 7.19. The van der Waals surface area contributed by atoms with Gasteiger partial charge in [-0.15, -0.1) is 24.8 Å². The fourth-order valence-electron chi connectivity index (χ4n) is 2.10. The molecule has 0 bridgehead atoms. The van der Waals surface area contributed by atoms with E-state index in [1.807, 2.05) is 18.2 Å². The van der Waals surface area contributed by atoms with Crippen molar-refractivity contribution in [3.8, 4) is 5.75 Å². The minimum absolute atomic E-state index is 0. The fraction of sp³-hybridized carbons (Fsp3) is 0.538. The normalized spacial score (nSPS) is 18.5. The molecule has 0 aliphatic carbocycles. The quantitative estimate of drug-likeness (QED) is 0.590.